The van der Waals surface area contributed by atoms with E-state index in [2.05, 4.69) is 5.43 Å². The van der Waals surface area contributed by atoms with Gasteiger partial charge in [0.2, 0.25) is 0 Å². The molecule has 1 heterocycles. The zero-order valence-electron chi connectivity index (χ0n) is 18.4. The van der Waals surface area contributed by atoms with Crippen LogP contribution >= 0.6 is 0 Å². The van der Waals surface area contributed by atoms with Crippen LogP contribution in [0.1, 0.15) is 11.1 Å². The Morgan fingerprint density at radius 3 is 2.33 bits per heavy atom. The van der Waals surface area contributed by atoms with Gasteiger partial charge >= 0.3 is 0 Å². The molecule has 4 rings (SSSR count). The summed E-state index contributed by atoms with van der Waals surface area (Å²) >= 11 is 0. The predicted molar refractivity (Wildman–Crippen MR) is 125 cm³/mol. The number of hydrogen-bond acceptors (Lipinski definition) is 5. The number of para-hydroxylation sites is 1. The maximum absolute atomic E-state index is 12.8. The quantitative estimate of drug-likeness (QED) is 0.324. The number of benzene rings is 3. The fourth-order valence-corrected chi connectivity index (χ4v) is 3.32. The molecule has 1 saturated heterocycles. The molecule has 0 atom stereocenters. The summed E-state index contributed by atoms with van der Waals surface area (Å²) in [5.74, 6) is 0.933. The highest BCUT2D eigenvalue weighted by Gasteiger charge is 2.34. The lowest BCUT2D eigenvalue weighted by Gasteiger charge is -2.14. The summed E-state index contributed by atoms with van der Waals surface area (Å²) in [6.07, 6.45) is 1.54. The summed E-state index contributed by atoms with van der Waals surface area (Å²) in [5.41, 5.74) is 5.03. The Morgan fingerprint density at radius 1 is 0.879 bits per heavy atom. The molecule has 1 aliphatic rings. The maximum atomic E-state index is 12.8. The van der Waals surface area contributed by atoms with E-state index < -0.39 is 11.8 Å². The summed E-state index contributed by atoms with van der Waals surface area (Å²) < 4.78 is 16.9. The van der Waals surface area contributed by atoms with E-state index in [9.17, 15) is 9.59 Å². The number of carbonyl (C=O) groups is 2. The smallest absolute Gasteiger partial charge is 0.282 e. The summed E-state index contributed by atoms with van der Waals surface area (Å²) in [6, 6.07) is 22.0. The molecule has 0 spiro atoms. The van der Waals surface area contributed by atoms with Crippen LogP contribution in [-0.4, -0.2) is 32.1 Å². The molecule has 7 nitrogen and oxygen atoms in total. The van der Waals surface area contributed by atoms with Gasteiger partial charge in [0.1, 0.15) is 24.5 Å². The molecule has 1 N–H and O–H groups in total. The number of anilines is 1. The molecule has 2 amide bonds. The number of amides is 2. The monoisotopic (exact) mass is 444 g/mol. The first-order valence-corrected chi connectivity index (χ1v) is 10.5. The van der Waals surface area contributed by atoms with Crippen molar-refractivity contribution in [1.82, 2.24) is 5.43 Å². The average molecular weight is 444 g/mol. The predicted octanol–water partition coefficient (Wildman–Crippen LogP) is 3.92. The van der Waals surface area contributed by atoms with Crippen molar-refractivity contribution < 1.29 is 23.8 Å². The first-order chi connectivity index (χ1) is 16.0. The zero-order chi connectivity index (χ0) is 23.2. The molecule has 1 fully saturated rings. The van der Waals surface area contributed by atoms with Gasteiger partial charge in [0.25, 0.3) is 11.8 Å². The number of rotatable bonds is 8. The number of hydrogen-bond donors (Lipinski definition) is 1. The van der Waals surface area contributed by atoms with Crippen LogP contribution in [0.5, 0.6) is 17.2 Å². The third kappa shape index (κ3) is 5.15. The topological polar surface area (TPSA) is 77.1 Å². The largest absolute Gasteiger partial charge is 0.493 e. The molecule has 0 aromatic heterocycles. The van der Waals surface area contributed by atoms with Crippen molar-refractivity contribution in [3.8, 4) is 17.2 Å². The Morgan fingerprint density at radius 2 is 1.61 bits per heavy atom. The second kappa shape index (κ2) is 9.91. The molecular formula is C26H24N2O5. The highest BCUT2D eigenvalue weighted by molar-refractivity contribution is 6.31. The number of nitrogens with one attached hydrogen (secondary N) is 1. The van der Waals surface area contributed by atoms with Crippen LogP contribution in [0, 0.1) is 6.92 Å². The number of methoxy groups -OCH3 is 1. The lowest BCUT2D eigenvalue weighted by Crippen LogP contribution is -2.35. The van der Waals surface area contributed by atoms with Crippen LogP contribution in [0.2, 0.25) is 0 Å². The minimum atomic E-state index is -0.462. The van der Waals surface area contributed by atoms with Gasteiger partial charge in [0.05, 0.1) is 12.8 Å². The Bertz CT molecular complexity index is 1170. The van der Waals surface area contributed by atoms with Gasteiger partial charge < -0.3 is 14.2 Å². The van der Waals surface area contributed by atoms with E-state index in [4.69, 9.17) is 14.2 Å². The van der Waals surface area contributed by atoms with E-state index in [1.54, 1.807) is 42.5 Å². The highest BCUT2D eigenvalue weighted by atomic mass is 16.5. The molecule has 3 aromatic rings. The second-order valence-electron chi connectivity index (χ2n) is 7.40. The van der Waals surface area contributed by atoms with Crippen LogP contribution in [0.15, 0.2) is 78.4 Å². The van der Waals surface area contributed by atoms with Crippen molar-refractivity contribution in [3.05, 3.63) is 89.5 Å². The van der Waals surface area contributed by atoms with Gasteiger partial charge in [-0.1, -0.05) is 42.0 Å². The van der Waals surface area contributed by atoms with Crippen molar-refractivity contribution in [3.63, 3.8) is 0 Å². The number of nitrogens with zero attached hydrogens (tertiary/aromatic N) is 1. The third-order valence-electron chi connectivity index (χ3n) is 5.04. The standard InChI is InChI=1S/C26H24N2O5/c1-18-8-11-21(12-9-18)32-14-15-33-23-13-10-19(17-24(23)31-2)16-22-25(29)27-28(26(22)30)20-6-4-3-5-7-20/h3-13,16-17H,14-15H2,1-2H3,(H,27,29)/b22-16-. The summed E-state index contributed by atoms with van der Waals surface area (Å²) in [7, 11) is 1.53. The number of aryl methyl sites for hydroxylation is 1. The van der Waals surface area contributed by atoms with Crippen LogP contribution in [0.3, 0.4) is 0 Å². The molecule has 168 valence electrons. The lowest BCUT2D eigenvalue weighted by atomic mass is 10.1. The van der Waals surface area contributed by atoms with E-state index in [-0.39, 0.29) is 5.57 Å². The Hall–Kier alpha value is -4.26. The molecule has 33 heavy (non-hydrogen) atoms. The molecule has 0 unspecified atom stereocenters. The molecular weight excluding hydrogens is 420 g/mol. The van der Waals surface area contributed by atoms with E-state index >= 15 is 0 Å². The van der Waals surface area contributed by atoms with Crippen molar-refractivity contribution in [2.24, 2.45) is 0 Å². The lowest BCUT2D eigenvalue weighted by molar-refractivity contribution is -0.117. The number of ether oxygens (including phenoxy) is 3. The fraction of sp³-hybridized carbons (Fsp3) is 0.154. The second-order valence-corrected chi connectivity index (χ2v) is 7.40. The Labute approximate surface area is 192 Å². The molecule has 1 aliphatic heterocycles. The zero-order valence-corrected chi connectivity index (χ0v) is 18.4. The molecule has 0 aliphatic carbocycles. The first-order valence-electron chi connectivity index (χ1n) is 10.5. The molecule has 0 radical (unpaired) electrons. The maximum Gasteiger partial charge on any atom is 0.282 e. The number of carbonyl (C=O) groups excluding carboxylic acids is 2. The molecule has 0 saturated carbocycles. The van der Waals surface area contributed by atoms with Gasteiger partial charge in [-0.3, -0.25) is 15.0 Å². The normalized spacial score (nSPS) is 14.4. The third-order valence-corrected chi connectivity index (χ3v) is 5.04. The van der Waals surface area contributed by atoms with Crippen LogP contribution in [0.25, 0.3) is 6.08 Å². The Kier molecular flexibility index (Phi) is 6.59. The van der Waals surface area contributed by atoms with Crippen molar-refractivity contribution >= 4 is 23.6 Å². The Balaban J connectivity index is 1.42. The van der Waals surface area contributed by atoms with E-state index in [0.29, 0.717) is 36.0 Å². The first kappa shape index (κ1) is 22.0. The van der Waals surface area contributed by atoms with Crippen molar-refractivity contribution in [2.75, 3.05) is 25.3 Å². The van der Waals surface area contributed by atoms with Gasteiger partial charge in [-0.15, -0.1) is 0 Å². The van der Waals surface area contributed by atoms with Gasteiger partial charge in [0.15, 0.2) is 11.5 Å². The summed E-state index contributed by atoms with van der Waals surface area (Å²) in [6.45, 7) is 2.73. The van der Waals surface area contributed by atoms with Gasteiger partial charge in [-0.25, -0.2) is 5.01 Å². The van der Waals surface area contributed by atoms with Crippen LogP contribution in [0.4, 0.5) is 5.69 Å². The van der Waals surface area contributed by atoms with E-state index in [0.717, 1.165) is 5.75 Å². The summed E-state index contributed by atoms with van der Waals surface area (Å²) in [4.78, 5) is 25.1. The summed E-state index contributed by atoms with van der Waals surface area (Å²) in [5, 5.41) is 1.23. The molecule has 3 aromatic carbocycles. The van der Waals surface area contributed by atoms with E-state index in [1.165, 1.54) is 23.8 Å². The molecule has 0 bridgehead atoms. The fourth-order valence-electron chi connectivity index (χ4n) is 3.32. The number of hydrazine groups is 1. The SMILES string of the molecule is COc1cc(/C=C2/C(=O)NN(c3ccccc3)C2=O)ccc1OCCOc1ccc(C)cc1. The van der Waals surface area contributed by atoms with E-state index in [1.807, 2.05) is 37.3 Å². The minimum Gasteiger partial charge on any atom is -0.493 e. The minimum absolute atomic E-state index is 0.0427. The van der Waals surface area contributed by atoms with Gasteiger partial charge in [-0.2, -0.15) is 0 Å². The van der Waals surface area contributed by atoms with Gasteiger partial charge in [-0.05, 0) is 55.0 Å². The van der Waals surface area contributed by atoms with Crippen molar-refractivity contribution in [1.29, 1.82) is 0 Å². The van der Waals surface area contributed by atoms with Gasteiger partial charge in [0, 0.05) is 0 Å². The van der Waals surface area contributed by atoms with Crippen molar-refractivity contribution in [2.45, 2.75) is 6.92 Å². The molecule has 7 heteroatoms. The van der Waals surface area contributed by atoms with Crippen LogP contribution in [-0.2, 0) is 9.59 Å². The van der Waals surface area contributed by atoms with Crippen LogP contribution < -0.4 is 24.6 Å². The average Bonchev–Trinajstić information content (AvgIpc) is 3.12. The highest BCUT2D eigenvalue weighted by Crippen LogP contribution is 2.30.